The van der Waals surface area contributed by atoms with Gasteiger partial charge in [0.05, 0.1) is 5.92 Å². The smallest absolute Gasteiger partial charge is 0.231 e. The van der Waals surface area contributed by atoms with E-state index in [0.717, 1.165) is 27.9 Å². The second kappa shape index (κ2) is 8.37. The van der Waals surface area contributed by atoms with Crippen LogP contribution >= 0.6 is 11.3 Å². The number of rotatable bonds is 7. The van der Waals surface area contributed by atoms with E-state index in [1.807, 2.05) is 6.20 Å². The molecule has 0 radical (unpaired) electrons. The van der Waals surface area contributed by atoms with Gasteiger partial charge in [0.1, 0.15) is 10.8 Å². The van der Waals surface area contributed by atoms with Crippen molar-refractivity contribution in [1.82, 2.24) is 20.1 Å². The predicted octanol–water partition coefficient (Wildman–Crippen LogP) is 3.88. The minimum absolute atomic E-state index is 0.0451. The van der Waals surface area contributed by atoms with E-state index in [1.165, 1.54) is 23.5 Å². The number of amides is 2. The largest absolute Gasteiger partial charge is 0.361 e. The molecule has 7 nitrogen and oxygen atoms in total. The molecule has 2 amide bonds. The Labute approximate surface area is 184 Å². The van der Waals surface area contributed by atoms with Crippen LogP contribution in [0.1, 0.15) is 44.2 Å². The van der Waals surface area contributed by atoms with Crippen molar-refractivity contribution in [2.45, 2.75) is 45.4 Å². The standard InChI is InChI=1S/C22H26FN5O2S/c1-4-22(2,3)20-26-27-21(31-20)25-19(30)14-9-18(29)28(12-14)8-7-13-11-24-17-6-5-15(23)10-16(13)17/h5-6,10-11,14,24H,4,7-9,12H2,1-3H3,(H,25,27,30)/t14-/m1/s1. The third kappa shape index (κ3) is 4.46. The molecular weight excluding hydrogens is 417 g/mol. The second-order valence-corrected chi connectivity index (χ2v) is 9.61. The van der Waals surface area contributed by atoms with E-state index in [1.54, 1.807) is 11.0 Å². The molecule has 3 heterocycles. The van der Waals surface area contributed by atoms with Gasteiger partial charge in [-0.1, -0.05) is 32.1 Å². The number of H-pyrrole nitrogens is 1. The van der Waals surface area contributed by atoms with Crippen LogP contribution in [0.4, 0.5) is 9.52 Å². The van der Waals surface area contributed by atoms with Crippen molar-refractivity contribution in [2.24, 2.45) is 5.92 Å². The molecule has 2 aromatic heterocycles. The molecule has 1 aliphatic rings. The molecule has 0 bridgehead atoms. The highest BCUT2D eigenvalue weighted by atomic mass is 32.1. The number of carbonyl (C=O) groups is 2. The maximum absolute atomic E-state index is 13.6. The van der Waals surface area contributed by atoms with Crippen molar-refractivity contribution in [3.8, 4) is 0 Å². The first-order valence-corrected chi connectivity index (χ1v) is 11.3. The van der Waals surface area contributed by atoms with E-state index in [0.29, 0.717) is 24.6 Å². The monoisotopic (exact) mass is 443 g/mol. The molecule has 31 heavy (non-hydrogen) atoms. The molecule has 0 saturated carbocycles. The summed E-state index contributed by atoms with van der Waals surface area (Å²) >= 11 is 1.38. The summed E-state index contributed by atoms with van der Waals surface area (Å²) < 4.78 is 13.6. The molecule has 0 aliphatic carbocycles. The zero-order chi connectivity index (χ0) is 22.2. The predicted molar refractivity (Wildman–Crippen MR) is 119 cm³/mol. The van der Waals surface area contributed by atoms with Crippen molar-refractivity contribution < 1.29 is 14.0 Å². The molecule has 0 unspecified atom stereocenters. The summed E-state index contributed by atoms with van der Waals surface area (Å²) in [4.78, 5) is 30.0. The van der Waals surface area contributed by atoms with Crippen LogP contribution in [0.2, 0.25) is 0 Å². The number of carbonyl (C=O) groups excluding carboxylic acids is 2. The third-order valence-electron chi connectivity index (χ3n) is 6.08. The van der Waals surface area contributed by atoms with Crippen LogP contribution in [0.25, 0.3) is 10.9 Å². The highest BCUT2D eigenvalue weighted by Gasteiger charge is 2.34. The lowest BCUT2D eigenvalue weighted by atomic mass is 9.91. The summed E-state index contributed by atoms with van der Waals surface area (Å²) in [5.74, 6) is -0.956. The zero-order valence-electron chi connectivity index (χ0n) is 17.9. The third-order valence-corrected chi connectivity index (χ3v) is 7.29. The first kappa shape index (κ1) is 21.4. The first-order valence-electron chi connectivity index (χ1n) is 10.4. The van der Waals surface area contributed by atoms with E-state index in [9.17, 15) is 14.0 Å². The zero-order valence-corrected chi connectivity index (χ0v) is 18.7. The van der Waals surface area contributed by atoms with E-state index in [2.05, 4.69) is 41.3 Å². The Kier molecular flexibility index (Phi) is 5.79. The molecule has 164 valence electrons. The Balaban J connectivity index is 1.35. The van der Waals surface area contributed by atoms with Crippen LogP contribution in [-0.4, -0.2) is 45.0 Å². The number of hydrogen-bond donors (Lipinski definition) is 2. The van der Waals surface area contributed by atoms with Gasteiger partial charge in [-0.2, -0.15) is 0 Å². The van der Waals surface area contributed by atoms with Gasteiger partial charge in [0.2, 0.25) is 16.9 Å². The Bertz CT molecular complexity index is 1120. The fourth-order valence-electron chi connectivity index (χ4n) is 3.68. The van der Waals surface area contributed by atoms with Gasteiger partial charge in [-0.05, 0) is 36.6 Å². The maximum Gasteiger partial charge on any atom is 0.231 e. The van der Waals surface area contributed by atoms with Gasteiger partial charge in [0, 0.05) is 42.0 Å². The van der Waals surface area contributed by atoms with Gasteiger partial charge >= 0.3 is 0 Å². The van der Waals surface area contributed by atoms with Crippen LogP contribution < -0.4 is 5.32 Å². The first-order chi connectivity index (χ1) is 14.8. The minimum Gasteiger partial charge on any atom is -0.361 e. The fraction of sp³-hybridized carbons (Fsp3) is 0.455. The number of halogens is 1. The summed E-state index contributed by atoms with van der Waals surface area (Å²) in [5, 5.41) is 13.3. The Morgan fingerprint density at radius 1 is 1.39 bits per heavy atom. The molecule has 3 aromatic rings. The van der Waals surface area contributed by atoms with E-state index in [4.69, 9.17) is 0 Å². The molecule has 1 atom stereocenters. The van der Waals surface area contributed by atoms with E-state index >= 15 is 0 Å². The van der Waals surface area contributed by atoms with Gasteiger partial charge in [-0.3, -0.25) is 9.59 Å². The Morgan fingerprint density at radius 3 is 2.97 bits per heavy atom. The lowest BCUT2D eigenvalue weighted by Crippen LogP contribution is -2.30. The van der Waals surface area contributed by atoms with Crippen LogP contribution in [-0.2, 0) is 21.4 Å². The summed E-state index contributed by atoms with van der Waals surface area (Å²) in [7, 11) is 0. The molecule has 4 rings (SSSR count). The average molecular weight is 444 g/mol. The summed E-state index contributed by atoms with van der Waals surface area (Å²) in [6.45, 7) is 7.13. The van der Waals surface area contributed by atoms with Crippen LogP contribution in [0, 0.1) is 11.7 Å². The molecule has 0 spiro atoms. The van der Waals surface area contributed by atoms with Crippen molar-refractivity contribution >= 4 is 39.2 Å². The number of likely N-dealkylation sites (tertiary alicyclic amines) is 1. The number of aromatic amines is 1. The van der Waals surface area contributed by atoms with Gasteiger partial charge in [0.15, 0.2) is 0 Å². The molecule has 1 aromatic carbocycles. The number of nitrogens with one attached hydrogen (secondary N) is 2. The summed E-state index contributed by atoms with van der Waals surface area (Å²) in [6.07, 6.45) is 3.54. The topological polar surface area (TPSA) is 91.0 Å². The number of anilines is 1. The molecule has 1 saturated heterocycles. The van der Waals surface area contributed by atoms with Crippen molar-refractivity contribution in [3.63, 3.8) is 0 Å². The molecular formula is C22H26FN5O2S. The highest BCUT2D eigenvalue weighted by Crippen LogP contribution is 2.31. The van der Waals surface area contributed by atoms with Crippen LogP contribution in [0.5, 0.6) is 0 Å². The summed E-state index contributed by atoms with van der Waals surface area (Å²) in [6, 6.07) is 4.62. The van der Waals surface area contributed by atoms with Crippen molar-refractivity contribution in [3.05, 3.63) is 40.8 Å². The van der Waals surface area contributed by atoms with Gasteiger partial charge < -0.3 is 15.2 Å². The molecule has 2 N–H and O–H groups in total. The minimum atomic E-state index is -0.417. The molecule has 1 fully saturated rings. The number of aromatic nitrogens is 3. The average Bonchev–Trinajstić information content (AvgIpc) is 3.45. The number of hydrogen-bond acceptors (Lipinski definition) is 5. The van der Waals surface area contributed by atoms with Gasteiger partial charge in [-0.15, -0.1) is 10.2 Å². The molecule has 1 aliphatic heterocycles. The Morgan fingerprint density at radius 2 is 2.19 bits per heavy atom. The lowest BCUT2D eigenvalue weighted by molar-refractivity contribution is -0.128. The fourth-order valence-corrected chi connectivity index (χ4v) is 4.60. The van der Waals surface area contributed by atoms with Gasteiger partial charge in [0.25, 0.3) is 0 Å². The quantitative estimate of drug-likeness (QED) is 0.580. The van der Waals surface area contributed by atoms with Crippen molar-refractivity contribution in [1.29, 1.82) is 0 Å². The van der Waals surface area contributed by atoms with Gasteiger partial charge in [-0.25, -0.2) is 4.39 Å². The lowest BCUT2D eigenvalue weighted by Gasteiger charge is -2.17. The SMILES string of the molecule is CCC(C)(C)c1nnc(NC(=O)[C@@H]2CC(=O)N(CCc3c[nH]c4ccc(F)cc34)C2)s1. The van der Waals surface area contributed by atoms with E-state index in [-0.39, 0.29) is 29.5 Å². The summed E-state index contributed by atoms with van der Waals surface area (Å²) in [5.41, 5.74) is 1.73. The van der Waals surface area contributed by atoms with Crippen LogP contribution in [0.3, 0.4) is 0 Å². The molecule has 9 heteroatoms. The maximum atomic E-state index is 13.6. The second-order valence-electron chi connectivity index (χ2n) is 8.63. The Hall–Kier alpha value is -2.81. The number of nitrogens with zero attached hydrogens (tertiary/aromatic N) is 3. The van der Waals surface area contributed by atoms with Crippen LogP contribution in [0.15, 0.2) is 24.4 Å². The normalized spacial score (nSPS) is 17.0. The number of benzene rings is 1. The van der Waals surface area contributed by atoms with E-state index < -0.39 is 5.92 Å². The number of fused-ring (bicyclic) bond motifs is 1. The van der Waals surface area contributed by atoms with Crippen molar-refractivity contribution in [2.75, 3.05) is 18.4 Å². The highest BCUT2D eigenvalue weighted by molar-refractivity contribution is 7.15.